The lowest BCUT2D eigenvalue weighted by Gasteiger charge is -2.05. The standard InChI is InChI=1S/C15H22O/c1-2-16-15-12-14(15)11-10-13-8-6-4-3-5-7-9-13/h8,14-15H,2-7,9,12H2,1H3/t14-,15-/m1/s1. The van der Waals surface area contributed by atoms with Crippen LogP contribution in [0.5, 0.6) is 0 Å². The minimum Gasteiger partial charge on any atom is -0.377 e. The van der Waals surface area contributed by atoms with Crippen LogP contribution in [0.4, 0.5) is 0 Å². The molecule has 0 N–H and O–H groups in total. The van der Waals surface area contributed by atoms with Crippen molar-refractivity contribution in [2.24, 2.45) is 5.92 Å². The molecule has 2 aliphatic rings. The van der Waals surface area contributed by atoms with Crippen molar-refractivity contribution in [3.05, 3.63) is 11.6 Å². The van der Waals surface area contributed by atoms with Crippen molar-refractivity contribution in [2.75, 3.05) is 6.61 Å². The van der Waals surface area contributed by atoms with Crippen molar-refractivity contribution in [3.63, 3.8) is 0 Å². The van der Waals surface area contributed by atoms with E-state index < -0.39 is 0 Å². The second-order valence-electron chi connectivity index (χ2n) is 4.79. The van der Waals surface area contributed by atoms with Crippen LogP contribution in [0, 0.1) is 17.8 Å². The highest BCUT2D eigenvalue weighted by Crippen LogP contribution is 2.33. The van der Waals surface area contributed by atoms with Gasteiger partial charge in [-0.05, 0) is 44.6 Å². The molecule has 1 fully saturated rings. The van der Waals surface area contributed by atoms with E-state index in [1.807, 2.05) is 0 Å². The quantitative estimate of drug-likeness (QED) is 0.642. The Hall–Kier alpha value is -0.740. The molecule has 0 aromatic rings. The minimum absolute atomic E-state index is 0.437. The van der Waals surface area contributed by atoms with Gasteiger partial charge in [-0.3, -0.25) is 0 Å². The van der Waals surface area contributed by atoms with Crippen molar-refractivity contribution in [3.8, 4) is 11.8 Å². The first-order valence-corrected chi connectivity index (χ1v) is 6.72. The fourth-order valence-electron chi connectivity index (χ4n) is 2.21. The van der Waals surface area contributed by atoms with Crippen LogP contribution in [0.3, 0.4) is 0 Å². The average Bonchev–Trinajstić information content (AvgIpc) is 2.96. The van der Waals surface area contributed by atoms with Gasteiger partial charge in [0, 0.05) is 12.5 Å². The lowest BCUT2D eigenvalue weighted by molar-refractivity contribution is 0.127. The molecule has 1 nitrogen and oxygen atoms in total. The molecular formula is C15H22O. The van der Waals surface area contributed by atoms with Gasteiger partial charge in [-0.15, -0.1) is 0 Å². The lowest BCUT2D eigenvalue weighted by Crippen LogP contribution is -1.94. The second-order valence-corrected chi connectivity index (χ2v) is 4.79. The molecule has 0 aromatic carbocycles. The van der Waals surface area contributed by atoms with Crippen LogP contribution >= 0.6 is 0 Å². The number of allylic oxidation sites excluding steroid dienone is 2. The van der Waals surface area contributed by atoms with E-state index in [9.17, 15) is 0 Å². The summed E-state index contributed by atoms with van der Waals surface area (Å²) in [7, 11) is 0. The Bertz CT molecular complexity index is 305. The van der Waals surface area contributed by atoms with E-state index in [1.165, 1.54) is 44.1 Å². The van der Waals surface area contributed by atoms with Crippen LogP contribution < -0.4 is 0 Å². The van der Waals surface area contributed by atoms with Gasteiger partial charge in [0.05, 0.1) is 6.10 Å². The summed E-state index contributed by atoms with van der Waals surface area (Å²) in [5.74, 6) is 7.26. The lowest BCUT2D eigenvalue weighted by atomic mass is 10.0. The molecule has 0 spiro atoms. The summed E-state index contributed by atoms with van der Waals surface area (Å²) in [6, 6.07) is 0. The zero-order valence-electron chi connectivity index (χ0n) is 10.3. The van der Waals surface area contributed by atoms with Crippen molar-refractivity contribution in [2.45, 2.75) is 58.0 Å². The molecule has 0 amide bonds. The third-order valence-electron chi connectivity index (χ3n) is 3.32. The normalized spacial score (nSPS) is 29.4. The maximum absolute atomic E-state index is 5.53. The first-order valence-electron chi connectivity index (χ1n) is 6.72. The molecule has 0 saturated heterocycles. The van der Waals surface area contributed by atoms with Crippen LogP contribution in [0.15, 0.2) is 11.6 Å². The Kier molecular flexibility index (Phi) is 4.48. The molecule has 2 aliphatic carbocycles. The van der Waals surface area contributed by atoms with Crippen molar-refractivity contribution in [1.82, 2.24) is 0 Å². The maximum Gasteiger partial charge on any atom is 0.0726 e. The van der Waals surface area contributed by atoms with E-state index in [0.29, 0.717) is 12.0 Å². The predicted octanol–water partition coefficient (Wildman–Crippen LogP) is 3.70. The van der Waals surface area contributed by atoms with Crippen LogP contribution in [-0.2, 0) is 4.74 Å². The monoisotopic (exact) mass is 218 g/mol. The summed E-state index contributed by atoms with van der Waals surface area (Å²) in [6.45, 7) is 2.88. The molecule has 0 aliphatic heterocycles. The predicted molar refractivity (Wildman–Crippen MR) is 67.1 cm³/mol. The van der Waals surface area contributed by atoms with Crippen molar-refractivity contribution in [1.29, 1.82) is 0 Å². The summed E-state index contributed by atoms with van der Waals surface area (Å²) >= 11 is 0. The molecule has 0 radical (unpaired) electrons. The minimum atomic E-state index is 0.437. The largest absolute Gasteiger partial charge is 0.377 e. The summed E-state index contributed by atoms with van der Waals surface area (Å²) in [4.78, 5) is 0. The number of rotatable bonds is 2. The highest BCUT2D eigenvalue weighted by molar-refractivity contribution is 5.31. The fourth-order valence-corrected chi connectivity index (χ4v) is 2.21. The fraction of sp³-hybridized carbons (Fsp3) is 0.733. The molecular weight excluding hydrogens is 196 g/mol. The smallest absolute Gasteiger partial charge is 0.0726 e. The van der Waals surface area contributed by atoms with Crippen LogP contribution in [0.2, 0.25) is 0 Å². The van der Waals surface area contributed by atoms with Gasteiger partial charge in [-0.1, -0.05) is 30.8 Å². The summed E-state index contributed by atoms with van der Waals surface area (Å²) in [5.41, 5.74) is 1.38. The van der Waals surface area contributed by atoms with Crippen LogP contribution in [-0.4, -0.2) is 12.7 Å². The van der Waals surface area contributed by atoms with Gasteiger partial charge in [0.25, 0.3) is 0 Å². The molecule has 2 rings (SSSR count). The van der Waals surface area contributed by atoms with Gasteiger partial charge in [-0.25, -0.2) is 0 Å². The van der Waals surface area contributed by atoms with Crippen LogP contribution in [0.25, 0.3) is 0 Å². The highest BCUT2D eigenvalue weighted by Gasteiger charge is 2.36. The van der Waals surface area contributed by atoms with Gasteiger partial charge in [0.15, 0.2) is 0 Å². The van der Waals surface area contributed by atoms with Crippen molar-refractivity contribution < 1.29 is 4.74 Å². The van der Waals surface area contributed by atoms with Crippen molar-refractivity contribution >= 4 is 0 Å². The Morgan fingerprint density at radius 1 is 1.31 bits per heavy atom. The van der Waals surface area contributed by atoms with Gasteiger partial charge in [-0.2, -0.15) is 0 Å². The molecule has 16 heavy (non-hydrogen) atoms. The zero-order chi connectivity index (χ0) is 11.2. The topological polar surface area (TPSA) is 9.23 Å². The van der Waals surface area contributed by atoms with E-state index in [1.54, 1.807) is 0 Å². The summed E-state index contributed by atoms with van der Waals surface area (Å²) < 4.78 is 5.53. The van der Waals surface area contributed by atoms with Gasteiger partial charge >= 0.3 is 0 Å². The van der Waals surface area contributed by atoms with E-state index in [-0.39, 0.29) is 0 Å². The Balaban J connectivity index is 1.81. The molecule has 0 aromatic heterocycles. The molecule has 1 saturated carbocycles. The third-order valence-corrected chi connectivity index (χ3v) is 3.32. The molecule has 88 valence electrons. The van der Waals surface area contributed by atoms with E-state index >= 15 is 0 Å². The summed E-state index contributed by atoms with van der Waals surface area (Å²) in [5, 5.41) is 0. The first-order chi connectivity index (χ1) is 7.90. The zero-order valence-corrected chi connectivity index (χ0v) is 10.3. The molecule has 2 atom stereocenters. The Morgan fingerprint density at radius 3 is 3.06 bits per heavy atom. The van der Waals surface area contributed by atoms with E-state index in [2.05, 4.69) is 24.8 Å². The second kappa shape index (κ2) is 6.11. The Labute approximate surface area is 99.3 Å². The summed E-state index contributed by atoms with van der Waals surface area (Å²) in [6.07, 6.45) is 11.8. The van der Waals surface area contributed by atoms with Gasteiger partial charge < -0.3 is 4.74 Å². The van der Waals surface area contributed by atoms with Gasteiger partial charge in [0.2, 0.25) is 0 Å². The van der Waals surface area contributed by atoms with E-state index in [0.717, 1.165) is 13.0 Å². The highest BCUT2D eigenvalue weighted by atomic mass is 16.5. The SMILES string of the molecule is CCO[C@@H]1C[C@H]1C#CC1=CCCCCCC1. The average molecular weight is 218 g/mol. The maximum atomic E-state index is 5.53. The third kappa shape index (κ3) is 3.68. The van der Waals surface area contributed by atoms with Gasteiger partial charge in [0.1, 0.15) is 0 Å². The Morgan fingerprint density at radius 2 is 2.19 bits per heavy atom. The molecule has 0 bridgehead atoms. The number of ether oxygens (including phenoxy) is 1. The van der Waals surface area contributed by atoms with E-state index in [4.69, 9.17) is 4.74 Å². The molecule has 0 heterocycles. The number of hydrogen-bond donors (Lipinski definition) is 0. The molecule has 1 heteroatoms. The first kappa shape index (κ1) is 11.7. The van der Waals surface area contributed by atoms with Crippen LogP contribution in [0.1, 0.15) is 51.9 Å². The molecule has 0 unspecified atom stereocenters. The number of hydrogen-bond acceptors (Lipinski definition) is 1.